The van der Waals surface area contributed by atoms with E-state index in [4.69, 9.17) is 4.42 Å². The molecule has 3 nitrogen and oxygen atoms in total. The van der Waals surface area contributed by atoms with Crippen molar-refractivity contribution in [2.45, 2.75) is 50.7 Å². The summed E-state index contributed by atoms with van der Waals surface area (Å²) in [4.78, 5) is 0. The van der Waals surface area contributed by atoms with E-state index >= 15 is 0 Å². The van der Waals surface area contributed by atoms with Crippen LogP contribution in [0.2, 0.25) is 0 Å². The Hall–Kier alpha value is -0.800. The molecule has 2 unspecified atom stereocenters. The Kier molecular flexibility index (Phi) is 3.80. The fourth-order valence-corrected chi connectivity index (χ4v) is 2.17. The minimum atomic E-state index is -0.304. The van der Waals surface area contributed by atoms with Gasteiger partial charge in [-0.2, -0.15) is 0 Å². The molecule has 1 N–H and O–H groups in total. The maximum absolute atomic E-state index is 9.59. The molecular weight excluding hydrogens is 188 g/mol. The standard InChI is InChI=1S/C12H18N2O/c13-12-4-2-1-3-11(14-12)6-5-10-7-8-15-9-10/h7-9,11-12,14H,1-6H2. The zero-order valence-corrected chi connectivity index (χ0v) is 8.98. The zero-order valence-electron chi connectivity index (χ0n) is 8.98. The molecule has 0 saturated carbocycles. The lowest BCUT2D eigenvalue weighted by molar-refractivity contribution is 0.409. The van der Waals surface area contributed by atoms with Crippen LogP contribution in [0.1, 0.15) is 37.7 Å². The summed E-state index contributed by atoms with van der Waals surface area (Å²) in [6.45, 7) is 0. The molecule has 82 valence electrons. The number of rotatable bonds is 3. The second kappa shape index (κ2) is 5.33. The molecule has 1 aliphatic rings. The van der Waals surface area contributed by atoms with Crippen molar-refractivity contribution in [2.24, 2.45) is 0 Å². The average Bonchev–Trinajstić information content (AvgIpc) is 2.65. The van der Waals surface area contributed by atoms with E-state index in [1.165, 1.54) is 18.4 Å². The van der Waals surface area contributed by atoms with Crippen molar-refractivity contribution in [1.29, 1.82) is 0 Å². The van der Waals surface area contributed by atoms with Crippen molar-refractivity contribution in [1.82, 2.24) is 11.1 Å². The Bertz CT molecular complexity index is 271. The highest BCUT2D eigenvalue weighted by molar-refractivity contribution is 5.05. The summed E-state index contributed by atoms with van der Waals surface area (Å²) >= 11 is 0. The van der Waals surface area contributed by atoms with Gasteiger partial charge in [0.2, 0.25) is 0 Å². The fraction of sp³-hybridized carbons (Fsp3) is 0.667. The molecule has 1 aromatic heterocycles. The molecular formula is C12H18N2O. The highest BCUT2D eigenvalue weighted by atomic mass is 16.3. The van der Waals surface area contributed by atoms with Crippen LogP contribution in [-0.4, -0.2) is 12.2 Å². The van der Waals surface area contributed by atoms with E-state index in [1.54, 1.807) is 12.5 Å². The van der Waals surface area contributed by atoms with Crippen LogP contribution < -0.4 is 11.1 Å². The van der Waals surface area contributed by atoms with Crippen molar-refractivity contribution < 1.29 is 4.42 Å². The SMILES string of the molecule is [N]C1CCCCC(CCc2ccoc2)N1. The molecule has 1 saturated heterocycles. The molecule has 2 radical (unpaired) electrons. The number of nitrogens with one attached hydrogen (secondary N) is 1. The Balaban J connectivity index is 1.78. The highest BCUT2D eigenvalue weighted by Gasteiger charge is 2.17. The quantitative estimate of drug-likeness (QED) is 0.823. The van der Waals surface area contributed by atoms with Gasteiger partial charge in [0.25, 0.3) is 0 Å². The number of furan rings is 1. The molecule has 0 spiro atoms. The second-order valence-corrected chi connectivity index (χ2v) is 4.33. The first-order valence-corrected chi connectivity index (χ1v) is 5.80. The highest BCUT2D eigenvalue weighted by Crippen LogP contribution is 2.15. The Labute approximate surface area is 91.0 Å². The van der Waals surface area contributed by atoms with Gasteiger partial charge in [0, 0.05) is 6.04 Å². The Morgan fingerprint density at radius 1 is 1.40 bits per heavy atom. The van der Waals surface area contributed by atoms with E-state index in [0.29, 0.717) is 6.04 Å². The lowest BCUT2D eigenvalue weighted by Gasteiger charge is -2.17. The second-order valence-electron chi connectivity index (χ2n) is 4.33. The first-order chi connectivity index (χ1) is 7.34. The third-order valence-corrected chi connectivity index (χ3v) is 3.07. The van der Waals surface area contributed by atoms with Gasteiger partial charge in [0.05, 0.1) is 18.7 Å². The van der Waals surface area contributed by atoms with E-state index in [0.717, 1.165) is 25.7 Å². The van der Waals surface area contributed by atoms with Gasteiger partial charge in [0.15, 0.2) is 0 Å². The molecule has 0 aliphatic carbocycles. The van der Waals surface area contributed by atoms with Gasteiger partial charge in [-0.25, -0.2) is 0 Å². The first kappa shape index (κ1) is 10.7. The van der Waals surface area contributed by atoms with E-state index in [2.05, 4.69) is 5.32 Å². The molecule has 3 heteroatoms. The predicted octanol–water partition coefficient (Wildman–Crippen LogP) is 2.14. The van der Waals surface area contributed by atoms with Crippen molar-refractivity contribution in [3.8, 4) is 0 Å². The van der Waals surface area contributed by atoms with Crippen LogP contribution in [0.4, 0.5) is 0 Å². The predicted molar refractivity (Wildman–Crippen MR) is 58.3 cm³/mol. The molecule has 2 atom stereocenters. The molecule has 15 heavy (non-hydrogen) atoms. The molecule has 0 aromatic carbocycles. The van der Waals surface area contributed by atoms with E-state index in [-0.39, 0.29) is 6.17 Å². The summed E-state index contributed by atoms with van der Waals surface area (Å²) in [7, 11) is 0. The summed E-state index contributed by atoms with van der Waals surface area (Å²) in [5.74, 6) is 0. The number of nitrogens with zero attached hydrogens (tertiary/aromatic N) is 1. The summed E-state index contributed by atoms with van der Waals surface area (Å²) in [5.41, 5.74) is 10.8. The molecule has 1 fully saturated rings. The van der Waals surface area contributed by atoms with Crippen molar-refractivity contribution in [3.63, 3.8) is 0 Å². The van der Waals surface area contributed by atoms with E-state index in [1.807, 2.05) is 6.07 Å². The van der Waals surface area contributed by atoms with Gasteiger partial charge in [-0.15, -0.1) is 5.73 Å². The Morgan fingerprint density at radius 2 is 2.27 bits per heavy atom. The number of aryl methyl sites for hydroxylation is 1. The van der Waals surface area contributed by atoms with Crippen LogP contribution >= 0.6 is 0 Å². The maximum Gasteiger partial charge on any atom is 0.0934 e. The molecule has 0 amide bonds. The van der Waals surface area contributed by atoms with E-state index < -0.39 is 0 Å². The van der Waals surface area contributed by atoms with Gasteiger partial charge < -0.3 is 4.42 Å². The number of hydrogen-bond donors (Lipinski definition) is 1. The van der Waals surface area contributed by atoms with Gasteiger partial charge in [-0.05, 0) is 37.3 Å². The average molecular weight is 206 g/mol. The van der Waals surface area contributed by atoms with Crippen LogP contribution in [0.15, 0.2) is 23.0 Å². The van der Waals surface area contributed by atoms with Crippen LogP contribution in [0, 0.1) is 0 Å². The smallest absolute Gasteiger partial charge is 0.0934 e. The van der Waals surface area contributed by atoms with Crippen LogP contribution in [0.3, 0.4) is 0 Å². The Morgan fingerprint density at radius 3 is 3.07 bits per heavy atom. The van der Waals surface area contributed by atoms with Gasteiger partial charge in [-0.1, -0.05) is 12.8 Å². The fourth-order valence-electron chi connectivity index (χ4n) is 2.17. The topological polar surface area (TPSA) is 47.5 Å². The van der Waals surface area contributed by atoms with Crippen molar-refractivity contribution in [3.05, 3.63) is 24.2 Å². The third kappa shape index (κ3) is 3.36. The van der Waals surface area contributed by atoms with Gasteiger partial charge >= 0.3 is 0 Å². The minimum Gasteiger partial charge on any atom is -0.472 e. The summed E-state index contributed by atoms with van der Waals surface area (Å²) in [6.07, 6.45) is 9.74. The van der Waals surface area contributed by atoms with Crippen molar-refractivity contribution >= 4 is 0 Å². The van der Waals surface area contributed by atoms with Gasteiger partial charge in [0.1, 0.15) is 0 Å². The molecule has 1 aromatic rings. The number of hydrogen-bond acceptors (Lipinski definition) is 2. The summed E-state index contributed by atoms with van der Waals surface area (Å²) < 4.78 is 5.03. The zero-order chi connectivity index (χ0) is 10.5. The summed E-state index contributed by atoms with van der Waals surface area (Å²) in [6, 6.07) is 2.46. The maximum atomic E-state index is 9.59. The first-order valence-electron chi connectivity index (χ1n) is 5.80. The monoisotopic (exact) mass is 206 g/mol. The lowest BCUT2D eigenvalue weighted by Crippen LogP contribution is -2.37. The normalized spacial score (nSPS) is 27.5. The molecule has 2 rings (SSSR count). The van der Waals surface area contributed by atoms with Crippen LogP contribution in [-0.2, 0) is 6.42 Å². The van der Waals surface area contributed by atoms with Gasteiger partial charge in [-0.3, -0.25) is 5.32 Å². The van der Waals surface area contributed by atoms with E-state index in [9.17, 15) is 5.73 Å². The van der Waals surface area contributed by atoms with Crippen LogP contribution in [0.25, 0.3) is 0 Å². The third-order valence-electron chi connectivity index (χ3n) is 3.07. The van der Waals surface area contributed by atoms with Crippen molar-refractivity contribution in [2.75, 3.05) is 0 Å². The van der Waals surface area contributed by atoms with Crippen LogP contribution in [0.5, 0.6) is 0 Å². The largest absolute Gasteiger partial charge is 0.472 e. The molecule has 0 bridgehead atoms. The minimum absolute atomic E-state index is 0.304. The summed E-state index contributed by atoms with van der Waals surface area (Å²) in [5, 5.41) is 3.27. The molecule has 2 heterocycles. The lowest BCUT2D eigenvalue weighted by atomic mass is 10.0. The molecule has 1 aliphatic heterocycles.